The molecule has 1 aliphatic rings. The van der Waals surface area contributed by atoms with Gasteiger partial charge >= 0.3 is 0 Å². The molecule has 0 aliphatic carbocycles. The lowest BCUT2D eigenvalue weighted by molar-refractivity contribution is 0.0995. The molecular weight excluding hydrogens is 228 g/mol. The van der Waals surface area contributed by atoms with E-state index in [1.165, 1.54) is 12.8 Å². The second-order valence-corrected chi connectivity index (χ2v) is 4.86. The molecule has 5 heteroatoms. The number of nitrogens with zero attached hydrogens (tertiary/aromatic N) is 2. The lowest BCUT2D eigenvalue weighted by atomic mass is 10.0. The van der Waals surface area contributed by atoms with Crippen molar-refractivity contribution in [3.8, 4) is 0 Å². The van der Waals surface area contributed by atoms with Crippen molar-refractivity contribution in [2.45, 2.75) is 26.2 Å². The molecule has 98 valence electrons. The molecule has 1 aromatic rings. The molecule has 0 radical (unpaired) electrons. The molecule has 1 fully saturated rings. The predicted octanol–water partition coefficient (Wildman–Crippen LogP) is 1.39. The van der Waals surface area contributed by atoms with E-state index in [-0.39, 0.29) is 5.69 Å². The molecule has 1 saturated heterocycles. The summed E-state index contributed by atoms with van der Waals surface area (Å²) in [5, 5.41) is 0. The Morgan fingerprint density at radius 2 is 2.33 bits per heavy atom. The third kappa shape index (κ3) is 2.55. The first-order valence-corrected chi connectivity index (χ1v) is 6.43. The Morgan fingerprint density at radius 1 is 1.56 bits per heavy atom. The largest absolute Gasteiger partial charge is 0.396 e. The van der Waals surface area contributed by atoms with E-state index in [2.05, 4.69) is 16.8 Å². The molecule has 1 aromatic heterocycles. The first kappa shape index (κ1) is 12.7. The number of anilines is 2. The van der Waals surface area contributed by atoms with Gasteiger partial charge in [0.15, 0.2) is 5.82 Å². The molecule has 1 aliphatic heterocycles. The molecule has 5 nitrogen and oxygen atoms in total. The molecule has 2 rings (SSSR count). The Morgan fingerprint density at radius 3 is 3.00 bits per heavy atom. The lowest BCUT2D eigenvalue weighted by Gasteiger charge is -2.19. The van der Waals surface area contributed by atoms with Gasteiger partial charge in [0.25, 0.3) is 5.91 Å². The molecular formula is C13H20N4O. The van der Waals surface area contributed by atoms with Crippen molar-refractivity contribution in [2.75, 3.05) is 23.7 Å². The minimum atomic E-state index is -0.513. The summed E-state index contributed by atoms with van der Waals surface area (Å²) in [5.41, 5.74) is 12.1. The van der Waals surface area contributed by atoms with E-state index < -0.39 is 5.91 Å². The zero-order valence-corrected chi connectivity index (χ0v) is 10.7. The van der Waals surface area contributed by atoms with Gasteiger partial charge < -0.3 is 16.4 Å². The third-order valence-electron chi connectivity index (χ3n) is 3.44. The highest BCUT2D eigenvalue weighted by molar-refractivity contribution is 5.91. The van der Waals surface area contributed by atoms with Crippen molar-refractivity contribution in [3.05, 3.63) is 17.8 Å². The molecule has 0 bridgehead atoms. The van der Waals surface area contributed by atoms with Crippen molar-refractivity contribution in [2.24, 2.45) is 11.7 Å². The van der Waals surface area contributed by atoms with Crippen LogP contribution in [0.4, 0.5) is 11.5 Å². The van der Waals surface area contributed by atoms with Crippen LogP contribution in [-0.4, -0.2) is 24.0 Å². The van der Waals surface area contributed by atoms with Crippen LogP contribution in [0.3, 0.4) is 0 Å². The Labute approximate surface area is 107 Å². The minimum Gasteiger partial charge on any atom is -0.396 e. The van der Waals surface area contributed by atoms with Gasteiger partial charge in [0.2, 0.25) is 0 Å². The van der Waals surface area contributed by atoms with E-state index in [9.17, 15) is 4.79 Å². The zero-order valence-electron chi connectivity index (χ0n) is 10.7. The normalized spacial score (nSPS) is 19.2. The van der Waals surface area contributed by atoms with Crippen LogP contribution < -0.4 is 16.4 Å². The van der Waals surface area contributed by atoms with Gasteiger partial charge in [0.05, 0.1) is 5.69 Å². The summed E-state index contributed by atoms with van der Waals surface area (Å²) < 4.78 is 0. The number of hydrogen-bond acceptors (Lipinski definition) is 4. The number of rotatable bonds is 4. The highest BCUT2D eigenvalue weighted by Crippen LogP contribution is 2.29. The number of aromatic nitrogens is 1. The van der Waals surface area contributed by atoms with Gasteiger partial charge in [-0.3, -0.25) is 4.79 Å². The van der Waals surface area contributed by atoms with Crippen LogP contribution in [0.5, 0.6) is 0 Å². The Hall–Kier alpha value is -1.78. The number of carbonyl (C=O) groups is 1. The van der Waals surface area contributed by atoms with Gasteiger partial charge in [0.1, 0.15) is 5.69 Å². The Kier molecular flexibility index (Phi) is 3.69. The zero-order chi connectivity index (χ0) is 13.1. The molecule has 1 amide bonds. The van der Waals surface area contributed by atoms with Crippen LogP contribution in [0.1, 0.15) is 36.7 Å². The van der Waals surface area contributed by atoms with Crippen LogP contribution in [0.25, 0.3) is 0 Å². The first-order chi connectivity index (χ1) is 8.61. The smallest absolute Gasteiger partial charge is 0.267 e. The molecule has 18 heavy (non-hydrogen) atoms. The van der Waals surface area contributed by atoms with E-state index >= 15 is 0 Å². The number of amides is 1. The van der Waals surface area contributed by atoms with E-state index in [1.54, 1.807) is 12.1 Å². The molecule has 1 atom stereocenters. The van der Waals surface area contributed by atoms with Crippen LogP contribution in [0.2, 0.25) is 0 Å². The molecule has 1 unspecified atom stereocenters. The maximum Gasteiger partial charge on any atom is 0.267 e. The second-order valence-electron chi connectivity index (χ2n) is 4.86. The summed E-state index contributed by atoms with van der Waals surface area (Å²) in [6.07, 6.45) is 3.59. The van der Waals surface area contributed by atoms with E-state index in [1.807, 2.05) is 0 Å². The quantitative estimate of drug-likeness (QED) is 0.843. The fraction of sp³-hybridized carbons (Fsp3) is 0.538. The summed E-state index contributed by atoms with van der Waals surface area (Å²) >= 11 is 0. The van der Waals surface area contributed by atoms with Crippen LogP contribution in [0.15, 0.2) is 12.1 Å². The first-order valence-electron chi connectivity index (χ1n) is 6.43. The number of pyridine rings is 1. The molecule has 0 spiro atoms. The average molecular weight is 248 g/mol. The Bertz CT molecular complexity index is 447. The SMILES string of the molecule is CCCC1CCN(c2nc(C(N)=O)ccc2N)C1. The average Bonchev–Trinajstić information content (AvgIpc) is 2.78. The summed E-state index contributed by atoms with van der Waals surface area (Å²) in [5.74, 6) is 0.888. The van der Waals surface area contributed by atoms with Crippen molar-refractivity contribution in [1.29, 1.82) is 0 Å². The van der Waals surface area contributed by atoms with Crippen LogP contribution in [0, 0.1) is 5.92 Å². The fourth-order valence-electron chi connectivity index (χ4n) is 2.52. The monoisotopic (exact) mass is 248 g/mol. The maximum absolute atomic E-state index is 11.1. The van der Waals surface area contributed by atoms with Gasteiger partial charge in [-0.05, 0) is 30.9 Å². The van der Waals surface area contributed by atoms with E-state index in [4.69, 9.17) is 11.5 Å². The summed E-state index contributed by atoms with van der Waals surface area (Å²) in [4.78, 5) is 17.6. The topological polar surface area (TPSA) is 85.2 Å². The van der Waals surface area contributed by atoms with Crippen LogP contribution in [-0.2, 0) is 0 Å². The van der Waals surface area contributed by atoms with E-state index in [0.29, 0.717) is 17.4 Å². The van der Waals surface area contributed by atoms with Gasteiger partial charge in [-0.2, -0.15) is 0 Å². The van der Waals surface area contributed by atoms with Gasteiger partial charge in [-0.25, -0.2) is 4.98 Å². The summed E-state index contributed by atoms with van der Waals surface area (Å²) in [7, 11) is 0. The summed E-state index contributed by atoms with van der Waals surface area (Å²) in [6.45, 7) is 4.11. The third-order valence-corrected chi connectivity index (χ3v) is 3.44. The summed E-state index contributed by atoms with van der Waals surface area (Å²) in [6, 6.07) is 3.27. The molecule has 0 saturated carbocycles. The number of carbonyl (C=O) groups excluding carboxylic acids is 1. The number of primary amides is 1. The molecule has 0 aromatic carbocycles. The highest BCUT2D eigenvalue weighted by atomic mass is 16.1. The fourth-order valence-corrected chi connectivity index (χ4v) is 2.52. The lowest BCUT2D eigenvalue weighted by Crippen LogP contribution is -2.24. The van der Waals surface area contributed by atoms with Gasteiger partial charge in [-0.15, -0.1) is 0 Å². The van der Waals surface area contributed by atoms with Crippen LogP contribution >= 0.6 is 0 Å². The van der Waals surface area contributed by atoms with Crippen molar-refractivity contribution < 1.29 is 4.79 Å². The predicted molar refractivity (Wildman–Crippen MR) is 72.4 cm³/mol. The number of nitrogens with two attached hydrogens (primary N) is 2. The molecule has 4 N–H and O–H groups in total. The minimum absolute atomic E-state index is 0.276. The maximum atomic E-state index is 11.1. The van der Waals surface area contributed by atoms with Gasteiger partial charge in [-0.1, -0.05) is 13.3 Å². The van der Waals surface area contributed by atoms with Crippen molar-refractivity contribution >= 4 is 17.4 Å². The number of hydrogen-bond donors (Lipinski definition) is 2. The highest BCUT2D eigenvalue weighted by Gasteiger charge is 2.24. The van der Waals surface area contributed by atoms with Crippen molar-refractivity contribution in [1.82, 2.24) is 4.98 Å². The number of nitrogen functional groups attached to an aromatic ring is 1. The van der Waals surface area contributed by atoms with Crippen molar-refractivity contribution in [3.63, 3.8) is 0 Å². The second kappa shape index (κ2) is 5.25. The molecule has 2 heterocycles. The van der Waals surface area contributed by atoms with Gasteiger partial charge in [0, 0.05) is 13.1 Å². The Balaban J connectivity index is 2.18. The van der Waals surface area contributed by atoms with E-state index in [0.717, 1.165) is 19.5 Å². The standard InChI is InChI=1S/C13H20N4O/c1-2-3-9-6-7-17(8-9)13-10(14)4-5-11(16-13)12(15)18/h4-5,9H,2-3,6-8,14H2,1H3,(H2,15,18).